The second-order valence-electron chi connectivity index (χ2n) is 6.81. The number of benzene rings is 1. The summed E-state index contributed by atoms with van der Waals surface area (Å²) in [5, 5.41) is 1.47. The van der Waals surface area contributed by atoms with Crippen LogP contribution in [0.1, 0.15) is 50.3 Å². The van der Waals surface area contributed by atoms with Crippen LogP contribution < -0.4 is 0 Å². The minimum Gasteiger partial charge on any atom is -0.445 e. The fraction of sp³-hybridized carbons (Fsp3) is 0.429. The SMILES string of the molecule is CC(C)Sc1ncccc1[C@H]1CCCCN1C(=O)OCc1ccccc1. The van der Waals surface area contributed by atoms with Gasteiger partial charge in [0, 0.05) is 23.6 Å². The first-order chi connectivity index (χ1) is 12.6. The van der Waals surface area contributed by atoms with Gasteiger partial charge in [-0.1, -0.05) is 50.2 Å². The van der Waals surface area contributed by atoms with E-state index in [9.17, 15) is 4.79 Å². The monoisotopic (exact) mass is 370 g/mol. The summed E-state index contributed by atoms with van der Waals surface area (Å²) in [5.41, 5.74) is 2.15. The zero-order chi connectivity index (χ0) is 18.4. The van der Waals surface area contributed by atoms with E-state index < -0.39 is 0 Å². The topological polar surface area (TPSA) is 42.4 Å². The third-order valence-electron chi connectivity index (χ3n) is 4.45. The lowest BCUT2D eigenvalue weighted by Gasteiger charge is -2.35. The van der Waals surface area contributed by atoms with Crippen LogP contribution in [0.3, 0.4) is 0 Å². The van der Waals surface area contributed by atoms with Crippen LogP contribution in [0.4, 0.5) is 4.79 Å². The van der Waals surface area contributed by atoms with Crippen LogP contribution in [0.15, 0.2) is 53.7 Å². The standard InChI is InChI=1S/C21H26N2O2S/c1-16(2)26-20-18(11-8-13-22-20)19-12-6-7-14-23(19)21(24)25-15-17-9-4-3-5-10-17/h3-5,8-11,13,16,19H,6-7,12,14-15H2,1-2H3/t19-/m1/s1. The summed E-state index contributed by atoms with van der Waals surface area (Å²) in [6, 6.07) is 13.9. The zero-order valence-electron chi connectivity index (χ0n) is 15.4. The van der Waals surface area contributed by atoms with Crippen molar-refractivity contribution in [1.29, 1.82) is 0 Å². The predicted octanol–water partition coefficient (Wildman–Crippen LogP) is 5.45. The van der Waals surface area contributed by atoms with E-state index in [1.807, 2.05) is 47.5 Å². The molecule has 0 bridgehead atoms. The van der Waals surface area contributed by atoms with Crippen LogP contribution >= 0.6 is 11.8 Å². The van der Waals surface area contributed by atoms with E-state index in [-0.39, 0.29) is 12.1 Å². The van der Waals surface area contributed by atoms with Crippen molar-refractivity contribution >= 4 is 17.9 Å². The first kappa shape index (κ1) is 18.8. The molecule has 1 aliphatic heterocycles. The van der Waals surface area contributed by atoms with Crippen molar-refractivity contribution in [2.75, 3.05) is 6.54 Å². The van der Waals surface area contributed by atoms with Gasteiger partial charge in [-0.25, -0.2) is 9.78 Å². The number of amides is 1. The number of likely N-dealkylation sites (tertiary alicyclic amines) is 1. The molecule has 138 valence electrons. The molecule has 1 aliphatic rings. The fourth-order valence-electron chi connectivity index (χ4n) is 3.25. The zero-order valence-corrected chi connectivity index (χ0v) is 16.2. The van der Waals surface area contributed by atoms with Crippen molar-refractivity contribution in [3.8, 4) is 0 Å². The van der Waals surface area contributed by atoms with Crippen molar-refractivity contribution in [2.24, 2.45) is 0 Å². The molecule has 5 heteroatoms. The van der Waals surface area contributed by atoms with Crippen molar-refractivity contribution in [3.05, 3.63) is 59.8 Å². The van der Waals surface area contributed by atoms with Gasteiger partial charge >= 0.3 is 6.09 Å². The molecule has 4 nitrogen and oxygen atoms in total. The molecule has 1 saturated heterocycles. The minimum atomic E-state index is -0.233. The van der Waals surface area contributed by atoms with E-state index in [1.165, 1.54) is 0 Å². The molecule has 2 heterocycles. The number of hydrogen-bond acceptors (Lipinski definition) is 4. The number of rotatable bonds is 5. The van der Waals surface area contributed by atoms with Crippen molar-refractivity contribution in [2.45, 2.75) is 56.0 Å². The number of carbonyl (C=O) groups is 1. The Hall–Kier alpha value is -2.01. The molecule has 0 aliphatic carbocycles. The fourth-order valence-corrected chi connectivity index (χ4v) is 4.16. The molecule has 3 rings (SSSR count). The highest BCUT2D eigenvalue weighted by Crippen LogP contribution is 2.37. The highest BCUT2D eigenvalue weighted by Gasteiger charge is 2.31. The van der Waals surface area contributed by atoms with Crippen LogP contribution in [0, 0.1) is 0 Å². The van der Waals surface area contributed by atoms with E-state index in [0.717, 1.165) is 42.0 Å². The summed E-state index contributed by atoms with van der Waals surface area (Å²) in [6.45, 7) is 5.37. The van der Waals surface area contributed by atoms with Crippen molar-refractivity contribution in [3.63, 3.8) is 0 Å². The molecule has 1 fully saturated rings. The molecule has 1 atom stereocenters. The first-order valence-corrected chi connectivity index (χ1v) is 10.1. The van der Waals surface area contributed by atoms with E-state index >= 15 is 0 Å². The van der Waals surface area contributed by atoms with Gasteiger partial charge in [-0.3, -0.25) is 0 Å². The minimum absolute atomic E-state index is 0.0435. The number of carbonyl (C=O) groups excluding carboxylic acids is 1. The Kier molecular flexibility index (Phi) is 6.56. The molecule has 0 unspecified atom stereocenters. The summed E-state index contributed by atoms with van der Waals surface area (Å²) < 4.78 is 5.60. The molecule has 0 N–H and O–H groups in total. The van der Waals surface area contributed by atoms with Gasteiger partial charge in [0.05, 0.1) is 6.04 Å². The molecular formula is C21H26N2O2S. The van der Waals surface area contributed by atoms with Gasteiger partial charge in [-0.2, -0.15) is 0 Å². The Morgan fingerprint density at radius 2 is 2.04 bits per heavy atom. The number of aromatic nitrogens is 1. The van der Waals surface area contributed by atoms with Gasteiger partial charge in [-0.05, 0) is 30.9 Å². The van der Waals surface area contributed by atoms with E-state index in [1.54, 1.807) is 11.8 Å². The number of pyridine rings is 1. The molecule has 1 aromatic heterocycles. The van der Waals surface area contributed by atoms with Gasteiger partial charge in [-0.15, -0.1) is 11.8 Å². The van der Waals surface area contributed by atoms with Crippen molar-refractivity contribution < 1.29 is 9.53 Å². The molecular weight excluding hydrogens is 344 g/mol. The third-order valence-corrected chi connectivity index (χ3v) is 5.49. The van der Waals surface area contributed by atoms with E-state index in [4.69, 9.17) is 4.74 Å². The van der Waals surface area contributed by atoms with Crippen LogP contribution in [0.2, 0.25) is 0 Å². The number of ether oxygens (including phenoxy) is 1. The maximum Gasteiger partial charge on any atom is 0.410 e. The smallest absolute Gasteiger partial charge is 0.410 e. The van der Waals surface area contributed by atoms with Gasteiger partial charge in [0.15, 0.2) is 0 Å². The second kappa shape index (κ2) is 9.08. The molecule has 2 aromatic rings. The number of hydrogen-bond donors (Lipinski definition) is 0. The number of nitrogens with zero attached hydrogens (tertiary/aromatic N) is 2. The largest absolute Gasteiger partial charge is 0.445 e. The molecule has 1 aromatic carbocycles. The molecule has 1 amide bonds. The number of piperidine rings is 1. The van der Waals surface area contributed by atoms with Gasteiger partial charge in [0.2, 0.25) is 0 Å². The van der Waals surface area contributed by atoms with Crippen molar-refractivity contribution in [1.82, 2.24) is 9.88 Å². The van der Waals surface area contributed by atoms with E-state index in [2.05, 4.69) is 24.9 Å². The summed E-state index contributed by atoms with van der Waals surface area (Å²) >= 11 is 1.75. The molecule has 0 spiro atoms. The quantitative estimate of drug-likeness (QED) is 0.657. The van der Waals surface area contributed by atoms with Gasteiger partial charge in [0.25, 0.3) is 0 Å². The maximum atomic E-state index is 12.8. The van der Waals surface area contributed by atoms with Crippen LogP contribution in [0.5, 0.6) is 0 Å². The Bertz CT molecular complexity index is 721. The Balaban J connectivity index is 1.74. The summed E-state index contributed by atoms with van der Waals surface area (Å²) in [7, 11) is 0. The highest BCUT2D eigenvalue weighted by atomic mass is 32.2. The van der Waals surface area contributed by atoms with Crippen LogP contribution in [-0.4, -0.2) is 27.8 Å². The molecule has 0 saturated carbocycles. The highest BCUT2D eigenvalue weighted by molar-refractivity contribution is 7.99. The summed E-state index contributed by atoms with van der Waals surface area (Å²) in [4.78, 5) is 19.2. The third kappa shape index (κ3) is 4.79. The van der Waals surface area contributed by atoms with E-state index in [0.29, 0.717) is 11.9 Å². The lowest BCUT2D eigenvalue weighted by molar-refractivity contribution is 0.0672. The predicted molar refractivity (Wildman–Crippen MR) is 105 cm³/mol. The lowest BCUT2D eigenvalue weighted by Crippen LogP contribution is -2.39. The van der Waals surface area contributed by atoms with Gasteiger partial charge in [0.1, 0.15) is 11.6 Å². The van der Waals surface area contributed by atoms with Gasteiger partial charge < -0.3 is 9.64 Å². The average molecular weight is 371 g/mol. The average Bonchev–Trinajstić information content (AvgIpc) is 2.67. The Labute approximate surface area is 160 Å². The summed E-state index contributed by atoms with van der Waals surface area (Å²) in [6.07, 6.45) is 4.69. The summed E-state index contributed by atoms with van der Waals surface area (Å²) in [5.74, 6) is 0. The lowest BCUT2D eigenvalue weighted by atomic mass is 9.97. The number of thioether (sulfide) groups is 1. The Morgan fingerprint density at radius 3 is 2.81 bits per heavy atom. The van der Waals surface area contributed by atoms with Crippen LogP contribution in [-0.2, 0) is 11.3 Å². The molecule has 26 heavy (non-hydrogen) atoms. The maximum absolute atomic E-state index is 12.8. The van der Waals surface area contributed by atoms with Crippen LogP contribution in [0.25, 0.3) is 0 Å². The second-order valence-corrected chi connectivity index (χ2v) is 8.37. The first-order valence-electron chi connectivity index (χ1n) is 9.24. The molecule has 0 radical (unpaired) electrons. The normalized spacial score (nSPS) is 17.3. The Morgan fingerprint density at radius 1 is 1.23 bits per heavy atom.